The van der Waals surface area contributed by atoms with Crippen LogP contribution in [0.5, 0.6) is 5.75 Å². The third kappa shape index (κ3) is 4.97. The Bertz CT molecular complexity index is 382. The van der Waals surface area contributed by atoms with Crippen LogP contribution < -0.4 is 4.74 Å². The van der Waals surface area contributed by atoms with Crippen LogP contribution in [0.1, 0.15) is 49.9 Å². The summed E-state index contributed by atoms with van der Waals surface area (Å²) in [4.78, 5) is 12.3. The second-order valence-corrected chi connectivity index (χ2v) is 4.54. The smallest absolute Gasteiger partial charge is 0.387 e. The lowest BCUT2D eigenvalue weighted by Crippen LogP contribution is -2.14. The fourth-order valence-electron chi connectivity index (χ4n) is 2.14. The minimum absolute atomic E-state index is 0.0249. The van der Waals surface area contributed by atoms with Crippen molar-refractivity contribution in [2.45, 2.75) is 46.1 Å². The normalized spacial score (nSPS) is 11.1. The predicted octanol–water partition coefficient (Wildman–Crippen LogP) is 4.69. The lowest BCUT2D eigenvalue weighted by molar-refractivity contribution is -0.0498. The molecule has 0 aliphatic heterocycles. The van der Waals surface area contributed by atoms with Gasteiger partial charge in [-0.05, 0) is 37.1 Å². The van der Waals surface area contributed by atoms with Crippen LogP contribution in [0.4, 0.5) is 8.78 Å². The number of benzene rings is 1. The fourth-order valence-corrected chi connectivity index (χ4v) is 2.14. The summed E-state index contributed by atoms with van der Waals surface area (Å²) >= 11 is 0. The van der Waals surface area contributed by atoms with Gasteiger partial charge in [-0.3, -0.25) is 4.79 Å². The van der Waals surface area contributed by atoms with Gasteiger partial charge in [0.2, 0.25) is 0 Å². The van der Waals surface area contributed by atoms with Crippen LogP contribution in [0.25, 0.3) is 0 Å². The van der Waals surface area contributed by atoms with Gasteiger partial charge in [-0.2, -0.15) is 8.78 Å². The summed E-state index contributed by atoms with van der Waals surface area (Å²) in [5, 5.41) is 0. The Balaban J connectivity index is 2.75. The number of rotatable bonds is 8. The summed E-state index contributed by atoms with van der Waals surface area (Å²) in [6.07, 6.45) is 3.65. The number of hydrogen-bond acceptors (Lipinski definition) is 2. The summed E-state index contributed by atoms with van der Waals surface area (Å²) < 4.78 is 28.3. The van der Waals surface area contributed by atoms with Gasteiger partial charge in [0.25, 0.3) is 0 Å². The van der Waals surface area contributed by atoms with Crippen LogP contribution >= 0.6 is 0 Å². The van der Waals surface area contributed by atoms with Gasteiger partial charge in [0, 0.05) is 11.5 Å². The molecular weight excluding hydrogens is 250 g/mol. The molecule has 0 fully saturated rings. The van der Waals surface area contributed by atoms with Gasteiger partial charge >= 0.3 is 6.61 Å². The van der Waals surface area contributed by atoms with E-state index in [0.29, 0.717) is 5.56 Å². The van der Waals surface area contributed by atoms with Gasteiger partial charge in [0.1, 0.15) is 5.75 Å². The van der Waals surface area contributed by atoms with Crippen molar-refractivity contribution in [1.82, 2.24) is 0 Å². The minimum Gasteiger partial charge on any atom is -0.435 e. The predicted molar refractivity (Wildman–Crippen MR) is 70.7 cm³/mol. The Morgan fingerprint density at radius 2 is 1.63 bits per heavy atom. The molecule has 0 amide bonds. The first-order valence-corrected chi connectivity index (χ1v) is 6.67. The maximum Gasteiger partial charge on any atom is 0.387 e. The first-order valence-electron chi connectivity index (χ1n) is 6.67. The van der Waals surface area contributed by atoms with Crippen LogP contribution in [0.2, 0.25) is 0 Å². The molecule has 0 unspecified atom stereocenters. The number of Topliss-reactive ketones (excluding diaryl/α,β-unsaturated/α-hetero) is 1. The van der Waals surface area contributed by atoms with E-state index in [0.717, 1.165) is 25.7 Å². The molecule has 0 saturated heterocycles. The number of alkyl halides is 2. The highest BCUT2D eigenvalue weighted by molar-refractivity contribution is 5.97. The van der Waals surface area contributed by atoms with Crippen molar-refractivity contribution in [3.63, 3.8) is 0 Å². The zero-order chi connectivity index (χ0) is 14.3. The van der Waals surface area contributed by atoms with E-state index < -0.39 is 6.61 Å². The number of ketones is 1. The van der Waals surface area contributed by atoms with Crippen LogP contribution in [0.15, 0.2) is 24.3 Å². The largest absolute Gasteiger partial charge is 0.435 e. The van der Waals surface area contributed by atoms with E-state index in [2.05, 4.69) is 18.6 Å². The Morgan fingerprint density at radius 1 is 1.11 bits per heavy atom. The number of hydrogen-bond donors (Lipinski definition) is 0. The highest BCUT2D eigenvalue weighted by Crippen LogP contribution is 2.22. The molecule has 0 bridgehead atoms. The molecular formula is C15H20F2O2. The average Bonchev–Trinajstić information content (AvgIpc) is 2.38. The Hall–Kier alpha value is -1.45. The first-order chi connectivity index (χ1) is 9.08. The molecule has 0 radical (unpaired) electrons. The second-order valence-electron chi connectivity index (χ2n) is 4.54. The Kier molecular flexibility index (Phi) is 6.46. The van der Waals surface area contributed by atoms with Gasteiger partial charge in [-0.25, -0.2) is 0 Å². The molecule has 1 rings (SSSR count). The molecule has 0 spiro atoms. The monoisotopic (exact) mass is 270 g/mol. The lowest BCUT2D eigenvalue weighted by Gasteiger charge is -2.14. The third-order valence-corrected chi connectivity index (χ3v) is 3.01. The zero-order valence-electron chi connectivity index (χ0n) is 11.4. The summed E-state index contributed by atoms with van der Waals surface area (Å²) in [6, 6.07) is 5.93. The second kappa shape index (κ2) is 7.87. The van der Waals surface area contributed by atoms with E-state index in [9.17, 15) is 13.6 Å². The van der Waals surface area contributed by atoms with Crippen molar-refractivity contribution in [2.24, 2.45) is 5.92 Å². The molecule has 19 heavy (non-hydrogen) atoms. The SMILES string of the molecule is CCCC(CCC)C(=O)c1ccc(OC(F)F)cc1. The summed E-state index contributed by atoms with van der Waals surface area (Å²) in [6.45, 7) is 1.26. The standard InChI is InChI=1S/C15H20F2O2/c1-3-5-11(6-4-2)14(18)12-7-9-13(10-8-12)19-15(16)17/h7-11,15H,3-6H2,1-2H3. The quantitative estimate of drug-likeness (QED) is 0.641. The highest BCUT2D eigenvalue weighted by atomic mass is 19.3. The fraction of sp³-hybridized carbons (Fsp3) is 0.533. The van der Waals surface area contributed by atoms with Crippen LogP contribution in [0.3, 0.4) is 0 Å². The maximum atomic E-state index is 12.3. The molecule has 0 aliphatic carbocycles. The van der Waals surface area contributed by atoms with E-state index >= 15 is 0 Å². The van der Waals surface area contributed by atoms with E-state index in [1.807, 2.05) is 0 Å². The van der Waals surface area contributed by atoms with Crippen molar-refractivity contribution < 1.29 is 18.3 Å². The maximum absolute atomic E-state index is 12.3. The summed E-state index contributed by atoms with van der Waals surface area (Å²) in [5.74, 6) is 0.193. The molecule has 2 nitrogen and oxygen atoms in total. The van der Waals surface area contributed by atoms with Gasteiger partial charge in [0.05, 0.1) is 0 Å². The van der Waals surface area contributed by atoms with E-state index in [1.165, 1.54) is 12.1 Å². The Morgan fingerprint density at radius 3 is 2.05 bits per heavy atom. The number of halogens is 2. The molecule has 106 valence electrons. The Labute approximate surface area is 112 Å². The lowest BCUT2D eigenvalue weighted by atomic mass is 9.90. The van der Waals surface area contributed by atoms with Crippen LogP contribution in [0, 0.1) is 5.92 Å². The van der Waals surface area contributed by atoms with Gasteiger partial charge in [-0.15, -0.1) is 0 Å². The average molecular weight is 270 g/mol. The molecule has 0 aromatic heterocycles. The first kappa shape index (κ1) is 15.6. The van der Waals surface area contributed by atoms with E-state index in [-0.39, 0.29) is 17.5 Å². The zero-order valence-corrected chi connectivity index (χ0v) is 11.4. The van der Waals surface area contributed by atoms with Crippen molar-refractivity contribution >= 4 is 5.78 Å². The third-order valence-electron chi connectivity index (χ3n) is 3.01. The molecule has 1 aromatic rings. The molecule has 0 saturated carbocycles. The topological polar surface area (TPSA) is 26.3 Å². The summed E-state index contributed by atoms with van der Waals surface area (Å²) in [5.41, 5.74) is 0.563. The summed E-state index contributed by atoms with van der Waals surface area (Å²) in [7, 11) is 0. The molecule has 0 atom stereocenters. The van der Waals surface area contributed by atoms with E-state index in [1.54, 1.807) is 12.1 Å². The number of carbonyl (C=O) groups excluding carboxylic acids is 1. The molecule has 0 aliphatic rings. The van der Waals surface area contributed by atoms with Crippen molar-refractivity contribution in [3.05, 3.63) is 29.8 Å². The molecule has 4 heteroatoms. The van der Waals surface area contributed by atoms with Crippen molar-refractivity contribution in [1.29, 1.82) is 0 Å². The van der Waals surface area contributed by atoms with E-state index in [4.69, 9.17) is 0 Å². The number of ether oxygens (including phenoxy) is 1. The highest BCUT2D eigenvalue weighted by Gasteiger charge is 2.18. The van der Waals surface area contributed by atoms with Gasteiger partial charge in [0.15, 0.2) is 5.78 Å². The van der Waals surface area contributed by atoms with Gasteiger partial charge < -0.3 is 4.74 Å². The van der Waals surface area contributed by atoms with Gasteiger partial charge in [-0.1, -0.05) is 26.7 Å². The van der Waals surface area contributed by atoms with Crippen LogP contribution in [-0.4, -0.2) is 12.4 Å². The van der Waals surface area contributed by atoms with Crippen LogP contribution in [-0.2, 0) is 0 Å². The molecule has 0 N–H and O–H groups in total. The molecule has 1 aromatic carbocycles. The number of carbonyl (C=O) groups is 1. The molecule has 0 heterocycles. The minimum atomic E-state index is -2.84. The van der Waals surface area contributed by atoms with Crippen molar-refractivity contribution in [3.8, 4) is 5.75 Å². The van der Waals surface area contributed by atoms with Crippen molar-refractivity contribution in [2.75, 3.05) is 0 Å².